The first kappa shape index (κ1) is 11.8. The van der Waals surface area contributed by atoms with Gasteiger partial charge < -0.3 is 10.1 Å². The van der Waals surface area contributed by atoms with E-state index in [1.54, 1.807) is 0 Å². The highest BCUT2D eigenvalue weighted by Gasteiger charge is 2.49. The maximum atomic E-state index is 12.4. The molecule has 0 radical (unpaired) electrons. The van der Waals surface area contributed by atoms with Gasteiger partial charge in [-0.1, -0.05) is 0 Å². The van der Waals surface area contributed by atoms with Crippen LogP contribution in [0.4, 0.5) is 13.2 Å². The van der Waals surface area contributed by atoms with Gasteiger partial charge in [0.2, 0.25) is 0 Å². The van der Waals surface area contributed by atoms with Gasteiger partial charge in [-0.25, -0.2) is 0 Å². The summed E-state index contributed by atoms with van der Waals surface area (Å²) >= 11 is 0. The molecule has 2 aliphatic rings. The van der Waals surface area contributed by atoms with Crippen molar-refractivity contribution in [2.75, 3.05) is 13.1 Å². The van der Waals surface area contributed by atoms with Crippen molar-refractivity contribution < 1.29 is 17.9 Å². The third-order valence-electron chi connectivity index (χ3n) is 3.81. The Kier molecular flexibility index (Phi) is 2.55. The van der Waals surface area contributed by atoms with Crippen LogP contribution in [-0.2, 0) is 6.18 Å². The molecule has 1 aliphatic heterocycles. The first-order valence-electron chi connectivity index (χ1n) is 6.02. The predicted molar refractivity (Wildman–Crippen MR) is 60.4 cm³/mol. The smallest absolute Gasteiger partial charge is 0.416 e. The third kappa shape index (κ3) is 2.07. The Morgan fingerprint density at radius 2 is 1.72 bits per heavy atom. The second kappa shape index (κ2) is 3.88. The van der Waals surface area contributed by atoms with Gasteiger partial charge in [-0.05, 0) is 37.1 Å². The first-order valence-corrected chi connectivity index (χ1v) is 6.02. The van der Waals surface area contributed by atoms with Gasteiger partial charge in [0.15, 0.2) is 0 Å². The number of ether oxygens (including phenoxy) is 1. The van der Waals surface area contributed by atoms with E-state index in [0.29, 0.717) is 11.2 Å². The van der Waals surface area contributed by atoms with Crippen LogP contribution in [0.2, 0.25) is 0 Å². The Morgan fingerprint density at radius 1 is 1.11 bits per heavy atom. The Balaban J connectivity index is 1.57. The maximum absolute atomic E-state index is 12.4. The SMILES string of the molecule is FC(F)(F)c1ccc(OC2CC3(CNC3)C2)cc1. The molecule has 2 nitrogen and oxygen atoms in total. The fourth-order valence-corrected chi connectivity index (χ4v) is 2.67. The van der Waals surface area contributed by atoms with Crippen molar-refractivity contribution in [1.29, 1.82) is 0 Å². The molecule has 0 bridgehead atoms. The van der Waals surface area contributed by atoms with E-state index in [9.17, 15) is 13.2 Å². The van der Waals surface area contributed by atoms with Crippen LogP contribution in [-0.4, -0.2) is 19.2 Å². The van der Waals surface area contributed by atoms with E-state index in [1.807, 2.05) is 0 Å². The lowest BCUT2D eigenvalue weighted by Gasteiger charge is -2.53. The second-order valence-electron chi connectivity index (χ2n) is 5.27. The summed E-state index contributed by atoms with van der Waals surface area (Å²) in [6.45, 7) is 2.08. The minimum absolute atomic E-state index is 0.156. The summed E-state index contributed by atoms with van der Waals surface area (Å²) < 4.78 is 42.8. The highest BCUT2D eigenvalue weighted by molar-refractivity contribution is 5.29. The average Bonchev–Trinajstić information content (AvgIpc) is 2.19. The van der Waals surface area contributed by atoms with Crippen LogP contribution >= 0.6 is 0 Å². The van der Waals surface area contributed by atoms with Gasteiger partial charge in [-0.3, -0.25) is 0 Å². The van der Waals surface area contributed by atoms with Crippen LogP contribution in [0.15, 0.2) is 24.3 Å². The summed E-state index contributed by atoms with van der Waals surface area (Å²) in [4.78, 5) is 0. The molecular weight excluding hydrogens is 243 g/mol. The zero-order chi connectivity index (χ0) is 12.8. The predicted octanol–water partition coefficient (Wildman–Crippen LogP) is 2.84. The van der Waals surface area contributed by atoms with Crippen LogP contribution in [0.5, 0.6) is 5.75 Å². The van der Waals surface area contributed by atoms with Gasteiger partial charge in [0.1, 0.15) is 5.75 Å². The third-order valence-corrected chi connectivity index (χ3v) is 3.81. The fourth-order valence-electron chi connectivity index (χ4n) is 2.67. The van der Waals surface area contributed by atoms with Crippen LogP contribution in [0.3, 0.4) is 0 Å². The van der Waals surface area contributed by atoms with E-state index in [0.717, 1.165) is 38.1 Å². The Bertz CT molecular complexity index is 429. The molecule has 0 unspecified atom stereocenters. The van der Waals surface area contributed by atoms with E-state index < -0.39 is 11.7 Å². The number of benzene rings is 1. The number of nitrogens with one attached hydrogen (secondary N) is 1. The van der Waals surface area contributed by atoms with Gasteiger partial charge in [-0.15, -0.1) is 0 Å². The number of hydrogen-bond acceptors (Lipinski definition) is 2. The summed E-state index contributed by atoms with van der Waals surface area (Å²) in [5.41, 5.74) is -0.223. The largest absolute Gasteiger partial charge is 0.490 e. The minimum Gasteiger partial charge on any atom is -0.490 e. The zero-order valence-corrected chi connectivity index (χ0v) is 9.76. The molecule has 1 heterocycles. The topological polar surface area (TPSA) is 21.3 Å². The molecular formula is C13H14F3NO. The Hall–Kier alpha value is -1.23. The number of alkyl halides is 3. The molecule has 5 heteroatoms. The van der Waals surface area contributed by atoms with E-state index >= 15 is 0 Å². The molecule has 1 aromatic carbocycles. The molecule has 1 N–H and O–H groups in total. The molecule has 1 aliphatic carbocycles. The van der Waals surface area contributed by atoms with Crippen molar-refractivity contribution in [2.24, 2.45) is 5.41 Å². The molecule has 3 rings (SSSR count). The van der Waals surface area contributed by atoms with Crippen LogP contribution < -0.4 is 10.1 Å². The molecule has 98 valence electrons. The number of hydrogen-bond donors (Lipinski definition) is 1. The lowest BCUT2D eigenvalue weighted by molar-refractivity contribution is -0.137. The summed E-state index contributed by atoms with van der Waals surface area (Å²) in [6, 6.07) is 4.92. The lowest BCUT2D eigenvalue weighted by atomic mass is 9.63. The van der Waals surface area contributed by atoms with Gasteiger partial charge in [0.25, 0.3) is 0 Å². The van der Waals surface area contributed by atoms with Crippen LogP contribution in [0, 0.1) is 5.41 Å². The summed E-state index contributed by atoms with van der Waals surface area (Å²) in [7, 11) is 0. The molecule has 0 aromatic heterocycles. The van der Waals surface area contributed by atoms with E-state index in [4.69, 9.17) is 4.74 Å². The van der Waals surface area contributed by atoms with Crippen molar-refractivity contribution in [3.8, 4) is 5.75 Å². The van der Waals surface area contributed by atoms with Gasteiger partial charge >= 0.3 is 6.18 Å². The van der Waals surface area contributed by atoms with Gasteiger partial charge in [-0.2, -0.15) is 13.2 Å². The fraction of sp³-hybridized carbons (Fsp3) is 0.538. The van der Waals surface area contributed by atoms with Crippen molar-refractivity contribution in [3.05, 3.63) is 29.8 Å². The molecule has 1 saturated carbocycles. The van der Waals surface area contributed by atoms with Crippen LogP contribution in [0.25, 0.3) is 0 Å². The molecule has 0 amide bonds. The number of halogens is 3. The zero-order valence-electron chi connectivity index (χ0n) is 9.76. The van der Waals surface area contributed by atoms with Crippen molar-refractivity contribution in [3.63, 3.8) is 0 Å². The summed E-state index contributed by atoms with van der Waals surface area (Å²) in [5, 5.41) is 3.23. The van der Waals surface area contributed by atoms with Crippen LogP contribution in [0.1, 0.15) is 18.4 Å². The quantitative estimate of drug-likeness (QED) is 0.879. The molecule has 2 fully saturated rings. The molecule has 1 saturated heterocycles. The number of rotatable bonds is 2. The van der Waals surface area contributed by atoms with Crippen molar-refractivity contribution in [1.82, 2.24) is 5.32 Å². The summed E-state index contributed by atoms with van der Waals surface area (Å²) in [5.74, 6) is 0.523. The lowest BCUT2D eigenvalue weighted by Crippen LogP contribution is -2.62. The molecule has 1 aromatic rings. The average molecular weight is 257 g/mol. The van der Waals surface area contributed by atoms with Gasteiger partial charge in [0.05, 0.1) is 11.7 Å². The normalized spacial score (nSPS) is 22.4. The second-order valence-corrected chi connectivity index (χ2v) is 5.27. The molecule has 1 spiro atoms. The highest BCUT2D eigenvalue weighted by atomic mass is 19.4. The first-order chi connectivity index (χ1) is 8.47. The van der Waals surface area contributed by atoms with E-state index in [1.165, 1.54) is 12.1 Å². The minimum atomic E-state index is -4.28. The Labute approximate surface area is 103 Å². The van der Waals surface area contributed by atoms with E-state index in [-0.39, 0.29) is 6.10 Å². The molecule has 18 heavy (non-hydrogen) atoms. The van der Waals surface area contributed by atoms with Gasteiger partial charge in [0, 0.05) is 18.5 Å². The highest BCUT2D eigenvalue weighted by Crippen LogP contribution is 2.45. The molecule has 0 atom stereocenters. The van der Waals surface area contributed by atoms with E-state index in [2.05, 4.69) is 5.32 Å². The monoisotopic (exact) mass is 257 g/mol. The Morgan fingerprint density at radius 3 is 2.17 bits per heavy atom. The van der Waals surface area contributed by atoms with Crippen molar-refractivity contribution >= 4 is 0 Å². The maximum Gasteiger partial charge on any atom is 0.416 e. The van der Waals surface area contributed by atoms with Crippen molar-refractivity contribution in [2.45, 2.75) is 25.1 Å². The summed E-state index contributed by atoms with van der Waals surface area (Å²) in [6.07, 6.45) is -2.12. The standard InChI is InChI=1S/C13H14F3NO/c14-13(15,16)9-1-3-10(4-2-9)18-11-5-12(6-11)7-17-8-12/h1-4,11,17H,5-8H2.